The van der Waals surface area contributed by atoms with Gasteiger partial charge < -0.3 is 19.1 Å². The molecule has 3 heterocycles. The van der Waals surface area contributed by atoms with E-state index in [4.69, 9.17) is 9.47 Å². The lowest BCUT2D eigenvalue weighted by Gasteiger charge is -2.42. The summed E-state index contributed by atoms with van der Waals surface area (Å²) in [6, 6.07) is 3.81. The monoisotopic (exact) mass is 479 g/mol. The van der Waals surface area contributed by atoms with Crippen molar-refractivity contribution < 1.29 is 19.4 Å². The highest BCUT2D eigenvalue weighted by molar-refractivity contribution is 5.88. The average molecular weight is 480 g/mol. The molecule has 2 aromatic rings. The van der Waals surface area contributed by atoms with Gasteiger partial charge in [-0.25, -0.2) is 4.79 Å². The van der Waals surface area contributed by atoms with Crippen molar-refractivity contribution in [2.24, 2.45) is 11.3 Å². The maximum absolute atomic E-state index is 12.8. The Bertz CT molecular complexity index is 1220. The number of pyridine rings is 1. The topological polar surface area (TPSA) is 77.8 Å². The number of carboxylic acids is 1. The van der Waals surface area contributed by atoms with Crippen LogP contribution in [-0.4, -0.2) is 28.9 Å². The van der Waals surface area contributed by atoms with Crippen molar-refractivity contribution in [1.29, 1.82) is 0 Å². The van der Waals surface area contributed by atoms with E-state index in [1.54, 1.807) is 6.20 Å². The zero-order chi connectivity index (χ0) is 25.1. The van der Waals surface area contributed by atoms with E-state index in [2.05, 4.69) is 31.4 Å². The van der Waals surface area contributed by atoms with Crippen molar-refractivity contribution in [3.63, 3.8) is 0 Å². The van der Waals surface area contributed by atoms with Gasteiger partial charge in [0.05, 0.1) is 5.69 Å². The van der Waals surface area contributed by atoms with E-state index >= 15 is 0 Å². The summed E-state index contributed by atoms with van der Waals surface area (Å²) in [7, 11) is 0. The molecule has 2 aliphatic carbocycles. The van der Waals surface area contributed by atoms with Gasteiger partial charge in [-0.2, -0.15) is 0 Å². The number of carboxylic acid groups (broad SMARTS) is 1. The predicted octanol–water partition coefficient (Wildman–Crippen LogP) is 6.37. The second-order valence-corrected chi connectivity index (χ2v) is 11.1. The largest absolute Gasteiger partial charge is 0.486 e. The zero-order valence-corrected chi connectivity index (χ0v) is 21.5. The van der Waals surface area contributed by atoms with E-state index in [9.17, 15) is 14.7 Å². The molecule has 1 aromatic carbocycles. The Morgan fingerprint density at radius 1 is 1.09 bits per heavy atom. The lowest BCUT2D eigenvalue weighted by molar-refractivity contribution is 0.0693. The first-order chi connectivity index (χ1) is 16.8. The van der Waals surface area contributed by atoms with E-state index in [0.717, 1.165) is 47.6 Å². The summed E-state index contributed by atoms with van der Waals surface area (Å²) < 4.78 is 14.7. The van der Waals surface area contributed by atoms with Gasteiger partial charge >= 0.3 is 5.97 Å². The molecular weight excluding hydrogens is 442 g/mol. The van der Waals surface area contributed by atoms with Crippen LogP contribution in [0.1, 0.15) is 106 Å². The van der Waals surface area contributed by atoms with Crippen LogP contribution in [0.15, 0.2) is 23.1 Å². The van der Waals surface area contributed by atoms with E-state index in [1.165, 1.54) is 24.5 Å². The second kappa shape index (κ2) is 8.72. The molecule has 4 aliphatic rings. The maximum atomic E-state index is 12.8. The van der Waals surface area contributed by atoms with Crippen molar-refractivity contribution in [1.82, 2.24) is 4.57 Å². The number of aromatic nitrogens is 1. The van der Waals surface area contributed by atoms with E-state index in [1.807, 2.05) is 13.8 Å². The minimum Gasteiger partial charge on any atom is -0.486 e. The minimum absolute atomic E-state index is 0.0423. The third kappa shape index (κ3) is 3.59. The van der Waals surface area contributed by atoms with Gasteiger partial charge in [0.1, 0.15) is 18.8 Å². The Morgan fingerprint density at radius 3 is 2.40 bits per heavy atom. The van der Waals surface area contributed by atoms with E-state index < -0.39 is 11.4 Å². The number of hydrogen-bond donors (Lipinski definition) is 1. The van der Waals surface area contributed by atoms with Crippen molar-refractivity contribution in [3.8, 4) is 22.8 Å². The highest BCUT2D eigenvalue weighted by atomic mass is 16.6. The third-order valence-corrected chi connectivity index (χ3v) is 8.50. The fourth-order valence-corrected chi connectivity index (χ4v) is 7.36. The Labute approximate surface area is 207 Å². The fraction of sp³-hybridized carbons (Fsp3) is 0.586. The molecule has 2 saturated carbocycles. The molecule has 1 N–H and O–H groups in total. The summed E-state index contributed by atoms with van der Waals surface area (Å²) in [6.45, 7) is 11.9. The molecule has 6 heteroatoms. The molecule has 188 valence electrons. The van der Waals surface area contributed by atoms with Crippen molar-refractivity contribution >= 4 is 5.97 Å². The van der Waals surface area contributed by atoms with Crippen LogP contribution in [0.4, 0.5) is 0 Å². The molecule has 35 heavy (non-hydrogen) atoms. The van der Waals surface area contributed by atoms with Crippen LogP contribution in [0.3, 0.4) is 0 Å². The quantitative estimate of drug-likeness (QED) is 0.541. The van der Waals surface area contributed by atoms with Gasteiger partial charge in [-0.05, 0) is 42.6 Å². The lowest BCUT2D eigenvalue weighted by atomic mass is 9.75. The van der Waals surface area contributed by atoms with Gasteiger partial charge in [0.25, 0.3) is 0 Å². The van der Waals surface area contributed by atoms with Crippen LogP contribution >= 0.6 is 0 Å². The van der Waals surface area contributed by atoms with Gasteiger partial charge in [-0.1, -0.05) is 47.5 Å². The SMILES string of the molecule is CC.CC1CC(C)(C)[C@@H]2[C@H]1c1c(cc(C3CCCC3)c3c1OCCO3)-c1cc(=O)c(C(=O)O)cn12. The number of aromatic carboxylic acids is 1. The highest BCUT2D eigenvalue weighted by Crippen LogP contribution is 2.64. The van der Waals surface area contributed by atoms with Crippen LogP contribution in [-0.2, 0) is 0 Å². The maximum Gasteiger partial charge on any atom is 0.341 e. The van der Waals surface area contributed by atoms with Gasteiger partial charge in [-0.3, -0.25) is 4.79 Å². The van der Waals surface area contributed by atoms with Crippen molar-refractivity contribution in [3.05, 3.63) is 45.2 Å². The smallest absolute Gasteiger partial charge is 0.341 e. The molecule has 3 atom stereocenters. The summed E-state index contributed by atoms with van der Waals surface area (Å²) in [5.74, 6) is 1.58. The first-order valence-corrected chi connectivity index (χ1v) is 13.2. The van der Waals surface area contributed by atoms with Crippen molar-refractivity contribution in [2.75, 3.05) is 13.2 Å². The summed E-state index contributed by atoms with van der Waals surface area (Å²) in [5, 5.41) is 9.68. The molecule has 6 rings (SSSR count). The molecule has 1 aromatic heterocycles. The molecule has 0 bridgehead atoms. The average Bonchev–Trinajstić information content (AvgIpc) is 3.45. The van der Waals surface area contributed by atoms with Crippen LogP contribution in [0.5, 0.6) is 11.5 Å². The normalized spacial score (nSPS) is 25.7. The van der Waals surface area contributed by atoms with Gasteiger partial charge in [0, 0.05) is 40.9 Å². The number of benzene rings is 1. The second-order valence-electron chi connectivity index (χ2n) is 11.1. The van der Waals surface area contributed by atoms with Gasteiger partial charge in [-0.15, -0.1) is 0 Å². The summed E-state index contributed by atoms with van der Waals surface area (Å²) in [6.07, 6.45) is 7.29. The number of ether oxygens (including phenoxy) is 2. The molecule has 0 saturated heterocycles. The van der Waals surface area contributed by atoms with Crippen molar-refractivity contribution in [2.45, 2.75) is 84.6 Å². The summed E-state index contributed by atoms with van der Waals surface area (Å²) >= 11 is 0. The number of nitrogens with zero attached hydrogens (tertiary/aromatic N) is 1. The molecule has 0 radical (unpaired) electrons. The Hall–Kier alpha value is -2.76. The van der Waals surface area contributed by atoms with Crippen LogP contribution in [0.25, 0.3) is 11.3 Å². The highest BCUT2D eigenvalue weighted by Gasteiger charge is 2.53. The number of fused-ring (bicyclic) bond motifs is 8. The molecule has 2 aliphatic heterocycles. The first kappa shape index (κ1) is 24.0. The molecule has 2 fully saturated rings. The fourth-order valence-electron chi connectivity index (χ4n) is 7.36. The minimum atomic E-state index is -1.17. The molecular formula is C29H37NO5. The molecule has 1 unspecified atom stereocenters. The van der Waals surface area contributed by atoms with Gasteiger partial charge in [0.15, 0.2) is 16.9 Å². The molecule has 6 nitrogen and oxygen atoms in total. The molecule has 0 amide bonds. The summed E-state index contributed by atoms with van der Waals surface area (Å²) in [5.41, 5.74) is 3.49. The van der Waals surface area contributed by atoms with Crippen LogP contribution in [0, 0.1) is 11.3 Å². The Kier molecular flexibility index (Phi) is 5.97. The van der Waals surface area contributed by atoms with E-state index in [-0.39, 0.29) is 22.9 Å². The van der Waals surface area contributed by atoms with Crippen LogP contribution < -0.4 is 14.9 Å². The van der Waals surface area contributed by atoms with Gasteiger partial charge in [0.2, 0.25) is 0 Å². The standard InChI is InChI=1S/C27H31NO5.C2H6/c1-14-12-27(2,3)25-21(14)22-17(19-11-20(29)18(26(30)31)13-28(19)25)10-16(15-6-4-5-7-15)23-24(22)33-9-8-32-23;1-2/h10-11,13-15,21,25H,4-9,12H2,1-3H3,(H,30,31);1-2H3/t14?,21-,25+;/m1./s1. The first-order valence-electron chi connectivity index (χ1n) is 13.2. The molecule has 0 spiro atoms. The number of hydrogen-bond acceptors (Lipinski definition) is 4. The zero-order valence-electron chi connectivity index (χ0n) is 21.5. The Morgan fingerprint density at radius 2 is 1.74 bits per heavy atom. The Balaban J connectivity index is 0.00000124. The summed E-state index contributed by atoms with van der Waals surface area (Å²) in [4.78, 5) is 24.7. The number of carbonyl (C=O) groups is 1. The predicted molar refractivity (Wildman–Crippen MR) is 136 cm³/mol. The van der Waals surface area contributed by atoms with Crippen LogP contribution in [0.2, 0.25) is 0 Å². The third-order valence-electron chi connectivity index (χ3n) is 8.50. The van der Waals surface area contributed by atoms with E-state index in [0.29, 0.717) is 25.0 Å². The number of rotatable bonds is 2. The lowest BCUT2D eigenvalue weighted by Crippen LogP contribution is -2.33.